The molecular weight excluding hydrogens is 1270 g/mol. The summed E-state index contributed by atoms with van der Waals surface area (Å²) in [7, 11) is -9.91. The minimum Gasteiger partial charge on any atom is -0.462 e. The van der Waals surface area contributed by atoms with E-state index in [0.717, 1.165) is 108 Å². The van der Waals surface area contributed by atoms with Crippen molar-refractivity contribution in [2.24, 2.45) is 17.8 Å². The van der Waals surface area contributed by atoms with E-state index in [9.17, 15) is 43.2 Å². The van der Waals surface area contributed by atoms with Crippen molar-refractivity contribution in [1.82, 2.24) is 0 Å². The van der Waals surface area contributed by atoms with Gasteiger partial charge in [0.15, 0.2) is 12.2 Å². The summed E-state index contributed by atoms with van der Waals surface area (Å²) in [6.45, 7) is 11.8. The van der Waals surface area contributed by atoms with E-state index in [1.54, 1.807) is 0 Å². The number of carbonyl (C=O) groups excluding carboxylic acids is 4. The van der Waals surface area contributed by atoms with Crippen molar-refractivity contribution in [3.8, 4) is 0 Å². The lowest BCUT2D eigenvalue weighted by Gasteiger charge is -2.21. The molecule has 0 aromatic rings. The highest BCUT2D eigenvalue weighted by Crippen LogP contribution is 2.45. The lowest BCUT2D eigenvalue weighted by molar-refractivity contribution is -0.161. The Hall–Kier alpha value is -1.94. The largest absolute Gasteiger partial charge is 0.472 e. The number of hydrogen-bond acceptors (Lipinski definition) is 15. The SMILES string of the molecule is CCCCCCCCCCCCCCCCCCCCCCCCC(=O)O[C@H](COC(=O)CCCCCCCCCCCCCCC(C)C)COP(=O)(O)OC[C@@H](O)COP(=O)(O)OC[C@@H](COC(=O)CCCCCCCCC(C)C)OC(=O)CCCCCCCCCCC(C)C. The van der Waals surface area contributed by atoms with Gasteiger partial charge in [-0.05, 0) is 43.4 Å². The number of unbranched alkanes of at least 4 members (excludes halogenated alkanes) is 44. The maximum absolute atomic E-state index is 13.1. The summed E-state index contributed by atoms with van der Waals surface area (Å²) in [5.41, 5.74) is 0. The Kier molecular flexibility index (Phi) is 67.1. The van der Waals surface area contributed by atoms with Crippen molar-refractivity contribution in [3.05, 3.63) is 0 Å². The van der Waals surface area contributed by atoms with Crippen LogP contribution in [0.3, 0.4) is 0 Å². The lowest BCUT2D eigenvalue weighted by Crippen LogP contribution is -2.30. The molecular formula is C78H152O17P2. The van der Waals surface area contributed by atoms with Crippen LogP contribution in [0.5, 0.6) is 0 Å². The van der Waals surface area contributed by atoms with Gasteiger partial charge in [0, 0.05) is 25.7 Å². The molecule has 0 amide bonds. The fourth-order valence-corrected chi connectivity index (χ4v) is 13.5. The topological polar surface area (TPSA) is 237 Å². The molecule has 19 heteroatoms. The van der Waals surface area contributed by atoms with Gasteiger partial charge in [-0.3, -0.25) is 37.3 Å². The highest BCUT2D eigenvalue weighted by atomic mass is 31.2. The average molecular weight is 1420 g/mol. The molecule has 0 radical (unpaired) electrons. The van der Waals surface area contributed by atoms with Crippen LogP contribution in [0.4, 0.5) is 0 Å². The minimum absolute atomic E-state index is 0.103. The summed E-state index contributed by atoms with van der Waals surface area (Å²) in [5.74, 6) is 0.0581. The third kappa shape index (κ3) is 72.2. The summed E-state index contributed by atoms with van der Waals surface area (Å²) in [5, 5.41) is 10.6. The van der Waals surface area contributed by atoms with E-state index < -0.39 is 97.5 Å². The minimum atomic E-state index is -4.96. The van der Waals surface area contributed by atoms with Crippen molar-refractivity contribution in [2.75, 3.05) is 39.6 Å². The highest BCUT2D eigenvalue weighted by Gasteiger charge is 2.30. The van der Waals surface area contributed by atoms with Gasteiger partial charge in [-0.2, -0.15) is 0 Å². The molecule has 0 aromatic heterocycles. The van der Waals surface area contributed by atoms with Crippen LogP contribution in [-0.4, -0.2) is 96.7 Å². The fraction of sp³-hybridized carbons (Fsp3) is 0.949. The van der Waals surface area contributed by atoms with E-state index in [4.69, 9.17) is 37.0 Å². The standard InChI is InChI=1S/C78H152O17P2/c1-8-9-10-11-12-13-14-15-16-17-18-19-20-21-22-23-24-29-32-38-47-54-61-77(82)94-73(65-88-75(80)59-52-45-37-31-28-26-25-27-30-35-42-49-56-69(2)3)67-92-96(84,85)90-63-72(79)64-91-97(86,87)93-68-74(66-89-76(81)60-53-46-41-40-44-51-58-71(6)7)95-78(83)62-55-48-39-34-33-36-43-50-57-70(4)5/h69-74,79H,8-68H2,1-7H3,(H,84,85)(H,86,87)/t72-,73-,74-/m1/s1. The Morgan fingerprint density at radius 2 is 0.474 bits per heavy atom. The molecule has 0 aliphatic heterocycles. The van der Waals surface area contributed by atoms with E-state index in [0.29, 0.717) is 31.6 Å². The number of phosphoric ester groups is 2. The first kappa shape index (κ1) is 95.1. The van der Waals surface area contributed by atoms with Crippen LogP contribution in [-0.2, 0) is 65.4 Å². The first-order chi connectivity index (χ1) is 46.7. The smallest absolute Gasteiger partial charge is 0.462 e. The molecule has 0 aliphatic rings. The van der Waals surface area contributed by atoms with Gasteiger partial charge in [0.2, 0.25) is 0 Å². The summed E-state index contributed by atoms with van der Waals surface area (Å²) in [6, 6.07) is 0. The maximum atomic E-state index is 13.1. The molecule has 0 fully saturated rings. The molecule has 5 atom stereocenters. The van der Waals surface area contributed by atoms with E-state index in [1.807, 2.05) is 0 Å². The molecule has 0 bridgehead atoms. The Labute approximate surface area is 594 Å². The van der Waals surface area contributed by atoms with Crippen LogP contribution < -0.4 is 0 Å². The van der Waals surface area contributed by atoms with Gasteiger partial charge >= 0.3 is 39.5 Å². The van der Waals surface area contributed by atoms with Crippen molar-refractivity contribution in [2.45, 2.75) is 420 Å². The fourth-order valence-electron chi connectivity index (χ4n) is 12.0. The Bertz CT molecular complexity index is 1890. The van der Waals surface area contributed by atoms with Gasteiger partial charge in [0.05, 0.1) is 26.4 Å². The number of phosphoric acid groups is 2. The molecule has 0 rings (SSSR count). The molecule has 2 unspecified atom stereocenters. The Morgan fingerprint density at radius 3 is 0.701 bits per heavy atom. The third-order valence-corrected chi connectivity index (χ3v) is 20.0. The molecule has 3 N–H and O–H groups in total. The quantitative estimate of drug-likeness (QED) is 0.0222. The first-order valence-corrected chi connectivity index (χ1v) is 43.3. The molecule has 576 valence electrons. The molecule has 0 aliphatic carbocycles. The van der Waals surface area contributed by atoms with Gasteiger partial charge in [0.1, 0.15) is 19.3 Å². The summed E-state index contributed by atoms with van der Waals surface area (Å²) < 4.78 is 68.5. The van der Waals surface area contributed by atoms with E-state index in [-0.39, 0.29) is 25.7 Å². The van der Waals surface area contributed by atoms with Crippen molar-refractivity contribution in [3.63, 3.8) is 0 Å². The molecule has 0 spiro atoms. The predicted octanol–water partition coefficient (Wildman–Crippen LogP) is 23.0. The average Bonchev–Trinajstić information content (AvgIpc) is 1.18. The second-order valence-corrected chi connectivity index (χ2v) is 32.4. The number of rotatable bonds is 76. The summed E-state index contributed by atoms with van der Waals surface area (Å²) in [6.07, 6.45) is 55.9. The maximum Gasteiger partial charge on any atom is 0.472 e. The number of ether oxygens (including phenoxy) is 4. The zero-order valence-corrected chi connectivity index (χ0v) is 65.3. The normalized spacial score (nSPS) is 14.0. The zero-order valence-electron chi connectivity index (χ0n) is 63.5. The van der Waals surface area contributed by atoms with Gasteiger partial charge in [-0.15, -0.1) is 0 Å². The molecule has 0 aromatic carbocycles. The molecule has 0 heterocycles. The van der Waals surface area contributed by atoms with Crippen molar-refractivity contribution in [1.29, 1.82) is 0 Å². The lowest BCUT2D eigenvalue weighted by atomic mass is 10.0. The van der Waals surface area contributed by atoms with Crippen LogP contribution in [0.2, 0.25) is 0 Å². The number of hydrogen-bond donors (Lipinski definition) is 3. The van der Waals surface area contributed by atoms with E-state index in [2.05, 4.69) is 48.5 Å². The van der Waals surface area contributed by atoms with Gasteiger partial charge < -0.3 is 33.8 Å². The van der Waals surface area contributed by atoms with Crippen LogP contribution in [0.15, 0.2) is 0 Å². The number of carbonyl (C=O) groups is 4. The van der Waals surface area contributed by atoms with Gasteiger partial charge in [-0.1, -0.05) is 350 Å². The molecule has 17 nitrogen and oxygen atoms in total. The first-order valence-electron chi connectivity index (χ1n) is 40.3. The summed E-state index contributed by atoms with van der Waals surface area (Å²) in [4.78, 5) is 72.8. The Balaban J connectivity index is 5.18. The van der Waals surface area contributed by atoms with Crippen LogP contribution in [0.1, 0.15) is 402 Å². The second kappa shape index (κ2) is 68.5. The third-order valence-electron chi connectivity index (χ3n) is 18.1. The monoisotopic (exact) mass is 1420 g/mol. The number of aliphatic hydroxyl groups excluding tert-OH is 1. The molecule has 0 saturated carbocycles. The van der Waals surface area contributed by atoms with Crippen LogP contribution in [0.25, 0.3) is 0 Å². The van der Waals surface area contributed by atoms with Crippen molar-refractivity contribution < 1.29 is 80.2 Å². The van der Waals surface area contributed by atoms with Crippen LogP contribution >= 0.6 is 15.6 Å². The van der Waals surface area contributed by atoms with E-state index >= 15 is 0 Å². The van der Waals surface area contributed by atoms with Gasteiger partial charge in [0.25, 0.3) is 0 Å². The second-order valence-electron chi connectivity index (χ2n) is 29.5. The summed E-state index contributed by atoms with van der Waals surface area (Å²) >= 11 is 0. The number of esters is 4. The molecule has 97 heavy (non-hydrogen) atoms. The number of aliphatic hydroxyl groups is 1. The van der Waals surface area contributed by atoms with Gasteiger partial charge in [-0.25, -0.2) is 9.13 Å². The predicted molar refractivity (Wildman–Crippen MR) is 395 cm³/mol. The molecule has 0 saturated heterocycles. The van der Waals surface area contributed by atoms with E-state index in [1.165, 1.54) is 205 Å². The van der Waals surface area contributed by atoms with Crippen LogP contribution in [0, 0.1) is 17.8 Å². The Morgan fingerprint density at radius 1 is 0.278 bits per heavy atom. The highest BCUT2D eigenvalue weighted by molar-refractivity contribution is 7.47. The van der Waals surface area contributed by atoms with Crippen molar-refractivity contribution >= 4 is 39.5 Å². The zero-order chi connectivity index (χ0) is 71.6.